The van der Waals surface area contributed by atoms with Crippen LogP contribution in [0.15, 0.2) is 35.0 Å². The summed E-state index contributed by atoms with van der Waals surface area (Å²) in [5.74, 6) is 1.63. The number of benzene rings is 1. The highest BCUT2D eigenvalue weighted by Crippen LogP contribution is 2.38. The van der Waals surface area contributed by atoms with Crippen molar-refractivity contribution < 1.29 is 19.0 Å². The molecule has 0 radical (unpaired) electrons. The first kappa shape index (κ1) is 19.8. The van der Waals surface area contributed by atoms with Gasteiger partial charge in [0.25, 0.3) is 0 Å². The van der Waals surface area contributed by atoms with Crippen molar-refractivity contribution in [1.29, 1.82) is 0 Å². The maximum absolute atomic E-state index is 12.6. The Hall–Kier alpha value is -2.47. The number of hydrogen-bond donors (Lipinski definition) is 0. The molecule has 1 aromatic heterocycles. The monoisotopic (exact) mass is 375 g/mol. The van der Waals surface area contributed by atoms with E-state index in [1.165, 1.54) is 0 Å². The second-order valence-electron chi connectivity index (χ2n) is 5.68. The fourth-order valence-electron chi connectivity index (χ4n) is 2.61. The fraction of sp³-hybridized carbons (Fsp3) is 0.350. The van der Waals surface area contributed by atoms with Crippen molar-refractivity contribution in [3.8, 4) is 17.2 Å². The van der Waals surface area contributed by atoms with Crippen LogP contribution in [0.4, 0.5) is 0 Å². The molecule has 6 heteroatoms. The molecular formula is C20H25NO4S. The number of nitrogens with zero attached hydrogens (tertiary/aromatic N) is 1. The highest BCUT2D eigenvalue weighted by molar-refractivity contribution is 7.07. The van der Waals surface area contributed by atoms with Gasteiger partial charge in [-0.1, -0.05) is 6.92 Å². The highest BCUT2D eigenvalue weighted by atomic mass is 32.1. The Balaban J connectivity index is 2.19. The van der Waals surface area contributed by atoms with Crippen LogP contribution in [0.2, 0.25) is 0 Å². The molecule has 0 N–H and O–H groups in total. The van der Waals surface area contributed by atoms with Crippen LogP contribution in [0, 0.1) is 0 Å². The molecule has 0 aliphatic heterocycles. The van der Waals surface area contributed by atoms with E-state index in [1.54, 1.807) is 44.8 Å². The second-order valence-corrected chi connectivity index (χ2v) is 6.46. The molecule has 0 saturated heterocycles. The maximum Gasteiger partial charge on any atom is 0.246 e. The summed E-state index contributed by atoms with van der Waals surface area (Å²) in [5.41, 5.74) is 1.96. The van der Waals surface area contributed by atoms with Crippen LogP contribution in [0.3, 0.4) is 0 Å². The van der Waals surface area contributed by atoms with Crippen LogP contribution in [0.5, 0.6) is 17.2 Å². The van der Waals surface area contributed by atoms with Crippen LogP contribution < -0.4 is 14.2 Å². The normalized spacial score (nSPS) is 10.8. The molecule has 0 aliphatic rings. The summed E-state index contributed by atoms with van der Waals surface area (Å²) in [6, 6.07) is 5.67. The van der Waals surface area contributed by atoms with Crippen LogP contribution in [0.1, 0.15) is 24.5 Å². The average Bonchev–Trinajstić information content (AvgIpc) is 3.17. The van der Waals surface area contributed by atoms with Gasteiger partial charge >= 0.3 is 0 Å². The Bertz CT molecular complexity index is 715. The van der Waals surface area contributed by atoms with Crippen LogP contribution in [-0.4, -0.2) is 38.7 Å². The van der Waals surface area contributed by atoms with Gasteiger partial charge in [0.05, 0.1) is 21.3 Å². The Kier molecular flexibility index (Phi) is 7.53. The predicted octanol–water partition coefficient (Wildman–Crippen LogP) is 4.23. The molecule has 0 aliphatic carbocycles. The number of hydrogen-bond acceptors (Lipinski definition) is 5. The third kappa shape index (κ3) is 5.02. The summed E-state index contributed by atoms with van der Waals surface area (Å²) in [6.45, 7) is 3.40. The van der Waals surface area contributed by atoms with Gasteiger partial charge in [0, 0.05) is 19.2 Å². The summed E-state index contributed by atoms with van der Waals surface area (Å²) in [4.78, 5) is 14.5. The molecule has 0 spiro atoms. The fourth-order valence-corrected chi connectivity index (χ4v) is 3.27. The van der Waals surface area contributed by atoms with Crippen LogP contribution >= 0.6 is 11.3 Å². The van der Waals surface area contributed by atoms with Crippen LogP contribution in [-0.2, 0) is 11.3 Å². The third-order valence-corrected chi connectivity index (χ3v) is 4.60. The van der Waals surface area contributed by atoms with E-state index in [1.807, 2.05) is 28.5 Å². The van der Waals surface area contributed by atoms with Gasteiger partial charge in [0.15, 0.2) is 11.5 Å². The molecule has 0 fully saturated rings. The van der Waals surface area contributed by atoms with E-state index in [0.29, 0.717) is 30.3 Å². The van der Waals surface area contributed by atoms with E-state index in [4.69, 9.17) is 14.2 Å². The minimum absolute atomic E-state index is 0.0215. The minimum Gasteiger partial charge on any atom is -0.493 e. The molecule has 1 aromatic carbocycles. The van der Waals surface area contributed by atoms with Crippen molar-refractivity contribution in [1.82, 2.24) is 4.90 Å². The number of amides is 1. The zero-order valence-corrected chi connectivity index (χ0v) is 16.5. The van der Waals surface area contributed by atoms with Gasteiger partial charge < -0.3 is 19.1 Å². The lowest BCUT2D eigenvalue weighted by Crippen LogP contribution is -2.29. The zero-order valence-electron chi connectivity index (χ0n) is 15.7. The Morgan fingerprint density at radius 1 is 1.15 bits per heavy atom. The lowest BCUT2D eigenvalue weighted by molar-refractivity contribution is -0.126. The number of thiophene rings is 1. The summed E-state index contributed by atoms with van der Waals surface area (Å²) < 4.78 is 16.0. The maximum atomic E-state index is 12.6. The van der Waals surface area contributed by atoms with Gasteiger partial charge in [-0.2, -0.15) is 11.3 Å². The number of carbonyl (C=O) groups is 1. The van der Waals surface area contributed by atoms with Gasteiger partial charge in [0.2, 0.25) is 11.7 Å². The molecule has 2 rings (SSSR count). The topological polar surface area (TPSA) is 48.0 Å². The van der Waals surface area contributed by atoms with E-state index in [2.05, 4.69) is 12.3 Å². The average molecular weight is 375 g/mol. The molecule has 0 atom stereocenters. The highest BCUT2D eigenvalue weighted by Gasteiger charge is 2.13. The predicted molar refractivity (Wildman–Crippen MR) is 105 cm³/mol. The summed E-state index contributed by atoms with van der Waals surface area (Å²) in [7, 11) is 4.70. The lowest BCUT2D eigenvalue weighted by atomic mass is 10.1. The second kappa shape index (κ2) is 9.87. The van der Waals surface area contributed by atoms with Crippen molar-refractivity contribution in [2.75, 3.05) is 27.9 Å². The molecule has 0 bridgehead atoms. The van der Waals surface area contributed by atoms with Crippen molar-refractivity contribution in [2.45, 2.75) is 19.9 Å². The number of rotatable bonds is 9. The SMILES string of the molecule is CCCN(Cc1ccsc1)C(=O)/C=C/c1cc(OC)c(OC)c(OC)c1. The first-order valence-electron chi connectivity index (χ1n) is 8.41. The third-order valence-electron chi connectivity index (χ3n) is 3.86. The molecule has 5 nitrogen and oxygen atoms in total. The van der Waals surface area contributed by atoms with Gasteiger partial charge in [-0.05, 0) is 52.6 Å². The summed E-state index contributed by atoms with van der Waals surface area (Å²) in [6.07, 6.45) is 4.26. The lowest BCUT2D eigenvalue weighted by Gasteiger charge is -2.20. The number of ether oxygens (including phenoxy) is 3. The Labute approximate surface area is 158 Å². The molecule has 2 aromatic rings. The largest absolute Gasteiger partial charge is 0.493 e. The summed E-state index contributed by atoms with van der Waals surface area (Å²) in [5, 5.41) is 4.09. The van der Waals surface area contributed by atoms with Crippen molar-refractivity contribution in [2.24, 2.45) is 0 Å². The van der Waals surface area contributed by atoms with Crippen molar-refractivity contribution in [3.63, 3.8) is 0 Å². The summed E-state index contributed by atoms with van der Waals surface area (Å²) >= 11 is 1.64. The van der Waals surface area contributed by atoms with E-state index in [0.717, 1.165) is 17.5 Å². The van der Waals surface area contributed by atoms with E-state index >= 15 is 0 Å². The molecule has 1 heterocycles. The number of carbonyl (C=O) groups excluding carboxylic acids is 1. The van der Waals surface area contributed by atoms with E-state index in [9.17, 15) is 4.79 Å². The molecular weight excluding hydrogens is 350 g/mol. The quantitative estimate of drug-likeness (QED) is 0.616. The molecule has 1 amide bonds. The van der Waals surface area contributed by atoms with Gasteiger partial charge in [-0.3, -0.25) is 4.79 Å². The standard InChI is InChI=1S/C20H25NO4S/c1-5-9-21(13-16-8-10-26-14-16)19(22)7-6-15-11-17(23-2)20(25-4)18(12-15)24-3/h6-8,10-12,14H,5,9,13H2,1-4H3/b7-6+. The van der Waals surface area contributed by atoms with Crippen molar-refractivity contribution >= 4 is 23.3 Å². The first-order valence-corrected chi connectivity index (χ1v) is 9.35. The van der Waals surface area contributed by atoms with E-state index < -0.39 is 0 Å². The Morgan fingerprint density at radius 3 is 2.35 bits per heavy atom. The van der Waals surface area contributed by atoms with Crippen molar-refractivity contribution in [3.05, 3.63) is 46.2 Å². The van der Waals surface area contributed by atoms with Gasteiger partial charge in [-0.15, -0.1) is 0 Å². The Morgan fingerprint density at radius 2 is 1.85 bits per heavy atom. The number of methoxy groups -OCH3 is 3. The van der Waals surface area contributed by atoms with Gasteiger partial charge in [0.1, 0.15) is 0 Å². The zero-order chi connectivity index (χ0) is 18.9. The molecule has 0 unspecified atom stereocenters. The van der Waals surface area contributed by atoms with Crippen LogP contribution in [0.25, 0.3) is 6.08 Å². The smallest absolute Gasteiger partial charge is 0.246 e. The minimum atomic E-state index is -0.0215. The molecule has 0 saturated carbocycles. The first-order chi connectivity index (χ1) is 12.6. The van der Waals surface area contributed by atoms with Gasteiger partial charge in [-0.25, -0.2) is 0 Å². The van der Waals surface area contributed by atoms with E-state index in [-0.39, 0.29) is 5.91 Å². The molecule has 140 valence electrons. The molecule has 26 heavy (non-hydrogen) atoms.